The van der Waals surface area contributed by atoms with Crippen LogP contribution in [0, 0.1) is 6.92 Å². The molecule has 1 N–H and O–H groups in total. The highest BCUT2D eigenvalue weighted by Gasteiger charge is 2.47. The fourth-order valence-corrected chi connectivity index (χ4v) is 4.23. The van der Waals surface area contributed by atoms with Gasteiger partial charge in [0.05, 0.1) is 33.9 Å². The summed E-state index contributed by atoms with van der Waals surface area (Å²) in [6, 6.07) is 19.1. The van der Waals surface area contributed by atoms with E-state index in [4.69, 9.17) is 18.9 Å². The molecule has 4 rings (SSSR count). The number of hydrogen-bond acceptors (Lipinski definition) is 5. The highest BCUT2D eigenvalue weighted by atomic mass is 16.5. The molecule has 30 heavy (non-hydrogen) atoms. The highest BCUT2D eigenvalue weighted by Crippen LogP contribution is 2.51. The third-order valence-corrected chi connectivity index (χ3v) is 5.93. The van der Waals surface area contributed by atoms with Crippen molar-refractivity contribution in [1.29, 1.82) is 0 Å². The highest BCUT2D eigenvalue weighted by molar-refractivity contribution is 5.58. The van der Waals surface area contributed by atoms with E-state index >= 15 is 0 Å². The normalized spacial score (nSPS) is 20.1. The van der Waals surface area contributed by atoms with Crippen molar-refractivity contribution in [2.45, 2.75) is 18.4 Å². The monoisotopic (exact) mass is 406 g/mol. The van der Waals surface area contributed by atoms with Gasteiger partial charge >= 0.3 is 0 Å². The van der Waals surface area contributed by atoms with Crippen LogP contribution in [-0.4, -0.2) is 33.0 Å². The summed E-state index contributed by atoms with van der Waals surface area (Å²) in [6.45, 7) is 2.27. The van der Waals surface area contributed by atoms with Gasteiger partial charge in [-0.05, 0) is 54.4 Å². The van der Waals surface area contributed by atoms with Crippen molar-refractivity contribution in [3.63, 3.8) is 0 Å². The van der Waals surface area contributed by atoms with E-state index in [2.05, 4.69) is 0 Å². The molecule has 0 radical (unpaired) electrons. The van der Waals surface area contributed by atoms with Gasteiger partial charge in [-0.25, -0.2) is 0 Å². The summed E-state index contributed by atoms with van der Waals surface area (Å²) in [5.41, 5.74) is 2.05. The number of ether oxygens (including phenoxy) is 4. The molecule has 1 aliphatic rings. The van der Waals surface area contributed by atoms with Gasteiger partial charge in [-0.1, -0.05) is 24.3 Å². The molecule has 2 unspecified atom stereocenters. The van der Waals surface area contributed by atoms with E-state index in [1.54, 1.807) is 21.3 Å². The first kappa shape index (κ1) is 20.1. The van der Waals surface area contributed by atoms with Crippen molar-refractivity contribution in [2.75, 3.05) is 27.9 Å². The van der Waals surface area contributed by atoms with E-state index < -0.39 is 5.60 Å². The van der Waals surface area contributed by atoms with Crippen molar-refractivity contribution in [3.8, 4) is 23.0 Å². The second-order valence-corrected chi connectivity index (χ2v) is 7.40. The standard InChI is InChI=1S/C25H26O5/c1-16-23(29-4)14-13-21-24(16)30-15-22(17-5-9-19(27-2)10-6-17)25(21,26)18-7-11-20(28-3)12-8-18/h5-14,22,26H,15H2,1-4H3. The molecule has 2 atom stereocenters. The maximum atomic E-state index is 12.3. The molecule has 156 valence electrons. The zero-order valence-corrected chi connectivity index (χ0v) is 17.6. The lowest BCUT2D eigenvalue weighted by Crippen LogP contribution is -2.42. The maximum absolute atomic E-state index is 12.3. The van der Waals surface area contributed by atoms with Crippen molar-refractivity contribution >= 4 is 0 Å². The molecule has 0 saturated carbocycles. The maximum Gasteiger partial charge on any atom is 0.132 e. The number of rotatable bonds is 5. The van der Waals surface area contributed by atoms with Gasteiger partial charge in [-0.2, -0.15) is 0 Å². The van der Waals surface area contributed by atoms with Crippen LogP contribution in [0.4, 0.5) is 0 Å². The van der Waals surface area contributed by atoms with Crippen molar-refractivity contribution in [3.05, 3.63) is 82.9 Å². The number of fused-ring (bicyclic) bond motifs is 1. The number of benzene rings is 3. The first-order valence-corrected chi connectivity index (χ1v) is 9.84. The molecule has 5 nitrogen and oxygen atoms in total. The topological polar surface area (TPSA) is 57.2 Å². The molecule has 0 bridgehead atoms. The van der Waals surface area contributed by atoms with Crippen molar-refractivity contribution in [2.24, 2.45) is 0 Å². The van der Waals surface area contributed by atoms with Crippen LogP contribution in [0.15, 0.2) is 60.7 Å². The van der Waals surface area contributed by atoms with Gasteiger partial charge in [0.15, 0.2) is 0 Å². The van der Waals surface area contributed by atoms with Gasteiger partial charge in [0.25, 0.3) is 0 Å². The third-order valence-electron chi connectivity index (χ3n) is 5.93. The Labute approximate surface area is 176 Å². The number of aliphatic hydroxyl groups is 1. The Morgan fingerprint density at radius 3 is 2.00 bits per heavy atom. The number of methoxy groups -OCH3 is 3. The molecule has 3 aromatic carbocycles. The van der Waals surface area contributed by atoms with Gasteiger partial charge in [-0.15, -0.1) is 0 Å². The van der Waals surface area contributed by atoms with Gasteiger partial charge < -0.3 is 24.1 Å². The van der Waals surface area contributed by atoms with E-state index in [0.717, 1.165) is 39.5 Å². The van der Waals surface area contributed by atoms with E-state index in [9.17, 15) is 5.11 Å². The Morgan fingerprint density at radius 1 is 0.833 bits per heavy atom. The average Bonchev–Trinajstić information content (AvgIpc) is 2.80. The van der Waals surface area contributed by atoms with Gasteiger partial charge in [0, 0.05) is 11.1 Å². The predicted octanol–water partition coefficient (Wildman–Crippen LogP) is 4.43. The van der Waals surface area contributed by atoms with E-state index in [1.807, 2.05) is 67.6 Å². The lowest BCUT2D eigenvalue weighted by atomic mass is 9.71. The molecule has 3 aromatic rings. The molecular weight excluding hydrogens is 380 g/mol. The zero-order valence-electron chi connectivity index (χ0n) is 17.6. The summed E-state index contributed by atoms with van der Waals surface area (Å²) < 4.78 is 22.2. The summed E-state index contributed by atoms with van der Waals surface area (Å²) in [6.07, 6.45) is 0. The van der Waals surface area contributed by atoms with Crippen LogP contribution in [0.5, 0.6) is 23.0 Å². The van der Waals surface area contributed by atoms with E-state index in [1.165, 1.54) is 0 Å². The van der Waals surface area contributed by atoms with Crippen LogP contribution in [0.3, 0.4) is 0 Å². The van der Waals surface area contributed by atoms with Crippen LogP contribution in [-0.2, 0) is 5.60 Å². The van der Waals surface area contributed by atoms with E-state index in [0.29, 0.717) is 12.4 Å². The lowest BCUT2D eigenvalue weighted by Gasteiger charge is -2.42. The summed E-state index contributed by atoms with van der Waals surface area (Å²) in [5, 5.41) is 12.3. The molecule has 0 saturated heterocycles. The van der Waals surface area contributed by atoms with Crippen LogP contribution < -0.4 is 18.9 Å². The summed E-state index contributed by atoms with van der Waals surface area (Å²) in [5.74, 6) is 2.59. The second kappa shape index (κ2) is 7.92. The Bertz CT molecular complexity index is 1030. The first-order chi connectivity index (χ1) is 14.5. The molecular formula is C25H26O5. The van der Waals surface area contributed by atoms with Crippen LogP contribution in [0.1, 0.15) is 28.2 Å². The molecule has 0 fully saturated rings. The van der Waals surface area contributed by atoms with Gasteiger partial charge in [0.2, 0.25) is 0 Å². The van der Waals surface area contributed by atoms with Gasteiger partial charge in [-0.3, -0.25) is 0 Å². The SMILES string of the molecule is COc1ccc(C2COc3c(ccc(OC)c3C)C2(O)c2ccc(OC)cc2)cc1. The summed E-state index contributed by atoms with van der Waals surface area (Å²) in [7, 11) is 4.90. The quantitative estimate of drug-likeness (QED) is 0.679. The van der Waals surface area contributed by atoms with Crippen LogP contribution in [0.25, 0.3) is 0 Å². The molecule has 1 heterocycles. The minimum atomic E-state index is -1.29. The van der Waals surface area contributed by atoms with Crippen LogP contribution >= 0.6 is 0 Å². The smallest absolute Gasteiger partial charge is 0.132 e. The fraction of sp³-hybridized carbons (Fsp3) is 0.280. The Kier molecular flexibility index (Phi) is 5.31. The average molecular weight is 406 g/mol. The van der Waals surface area contributed by atoms with Crippen molar-refractivity contribution in [1.82, 2.24) is 0 Å². The van der Waals surface area contributed by atoms with Gasteiger partial charge in [0.1, 0.15) is 28.6 Å². The Balaban J connectivity index is 1.91. The number of hydrogen-bond donors (Lipinski definition) is 1. The largest absolute Gasteiger partial charge is 0.497 e. The van der Waals surface area contributed by atoms with Crippen LogP contribution in [0.2, 0.25) is 0 Å². The molecule has 0 amide bonds. The zero-order chi connectivity index (χ0) is 21.3. The molecule has 0 aromatic heterocycles. The van der Waals surface area contributed by atoms with E-state index in [-0.39, 0.29) is 5.92 Å². The first-order valence-electron chi connectivity index (χ1n) is 9.84. The lowest BCUT2D eigenvalue weighted by molar-refractivity contribution is 0.0102. The Morgan fingerprint density at radius 2 is 1.43 bits per heavy atom. The third kappa shape index (κ3) is 3.15. The molecule has 5 heteroatoms. The predicted molar refractivity (Wildman–Crippen MR) is 115 cm³/mol. The minimum absolute atomic E-state index is 0.308. The second-order valence-electron chi connectivity index (χ2n) is 7.40. The fourth-order valence-electron chi connectivity index (χ4n) is 4.23. The summed E-state index contributed by atoms with van der Waals surface area (Å²) >= 11 is 0. The molecule has 0 spiro atoms. The summed E-state index contributed by atoms with van der Waals surface area (Å²) in [4.78, 5) is 0. The Hall–Kier alpha value is -3.18. The molecule has 0 aliphatic carbocycles. The van der Waals surface area contributed by atoms with Crippen molar-refractivity contribution < 1.29 is 24.1 Å². The molecule has 1 aliphatic heterocycles. The minimum Gasteiger partial charge on any atom is -0.497 e.